The lowest BCUT2D eigenvalue weighted by atomic mass is 9.87. The summed E-state index contributed by atoms with van der Waals surface area (Å²) in [5.41, 5.74) is 6.08. The average Bonchev–Trinajstić information content (AvgIpc) is 3.28. The molecule has 402 valence electrons. The number of carboxylic acids is 1. The van der Waals surface area contributed by atoms with E-state index >= 15 is 0 Å². The van der Waals surface area contributed by atoms with Gasteiger partial charge in [0.05, 0.1) is 92.1 Å². The Morgan fingerprint density at radius 1 is 0.704 bits per heavy atom. The number of amides is 2. The summed E-state index contributed by atoms with van der Waals surface area (Å²) in [6, 6.07) is -3.33. The van der Waals surface area contributed by atoms with Crippen molar-refractivity contribution in [3.63, 3.8) is 0 Å². The van der Waals surface area contributed by atoms with Gasteiger partial charge in [0.25, 0.3) is 0 Å². The van der Waals surface area contributed by atoms with Gasteiger partial charge in [0.2, 0.25) is 0 Å². The van der Waals surface area contributed by atoms with Crippen molar-refractivity contribution in [3.05, 3.63) is 85.1 Å². The van der Waals surface area contributed by atoms with Crippen LogP contribution in [0.4, 0.5) is 4.79 Å². The largest absolute Gasteiger partial charge is 0.481 e. The lowest BCUT2D eigenvalue weighted by Gasteiger charge is -2.46. The number of rotatable bonds is 6. The molecule has 0 aromatic rings. The fourth-order valence-corrected chi connectivity index (χ4v) is 8.32. The number of aliphatic hydroxyl groups excluding tert-OH is 9. The van der Waals surface area contributed by atoms with Crippen molar-refractivity contribution in [2.75, 3.05) is 6.54 Å². The Labute approximate surface area is 415 Å². The fourth-order valence-electron chi connectivity index (χ4n) is 8.32. The van der Waals surface area contributed by atoms with Gasteiger partial charge < -0.3 is 91.5 Å². The van der Waals surface area contributed by atoms with E-state index in [1.165, 1.54) is 6.92 Å². The number of fused-ring (bicyclic) bond motifs is 2. The third kappa shape index (κ3) is 21.8. The molecule has 2 amide bonds. The quantitative estimate of drug-likeness (QED) is 0.158. The van der Waals surface area contributed by atoms with Crippen LogP contribution in [0.2, 0.25) is 0 Å². The summed E-state index contributed by atoms with van der Waals surface area (Å²) in [4.78, 5) is 36.7. The number of urea groups is 1. The first-order valence-corrected chi connectivity index (χ1v) is 24.2. The van der Waals surface area contributed by atoms with Crippen molar-refractivity contribution >= 4 is 18.0 Å². The summed E-state index contributed by atoms with van der Waals surface area (Å²) >= 11 is 0. The molecule has 2 bridgehead atoms. The van der Waals surface area contributed by atoms with Gasteiger partial charge in [-0.05, 0) is 33.1 Å². The number of nitrogens with two attached hydrogens (primary N) is 1. The molecule has 0 spiro atoms. The van der Waals surface area contributed by atoms with Gasteiger partial charge in [0.15, 0.2) is 12.1 Å². The molecule has 0 aromatic heterocycles. The van der Waals surface area contributed by atoms with E-state index in [0.29, 0.717) is 0 Å². The highest BCUT2D eigenvalue weighted by molar-refractivity contribution is 5.75. The van der Waals surface area contributed by atoms with Gasteiger partial charge in [-0.15, -0.1) is 0 Å². The van der Waals surface area contributed by atoms with Crippen LogP contribution >= 0.6 is 0 Å². The Bertz CT molecular complexity index is 1840. The number of carboxylic acid groups (broad SMARTS) is 1. The summed E-state index contributed by atoms with van der Waals surface area (Å²) in [5, 5.41) is 123. The maximum Gasteiger partial charge on any atom is 0.315 e. The Morgan fingerprint density at radius 3 is 1.90 bits per heavy atom. The molecule has 71 heavy (non-hydrogen) atoms. The van der Waals surface area contributed by atoms with E-state index in [9.17, 15) is 65.4 Å². The topological polar surface area (TPSA) is 361 Å². The van der Waals surface area contributed by atoms with Crippen LogP contribution in [-0.4, -0.2) is 184 Å². The Morgan fingerprint density at radius 2 is 1.30 bits per heavy atom. The molecule has 3 heterocycles. The van der Waals surface area contributed by atoms with Crippen LogP contribution in [-0.2, 0) is 28.5 Å². The van der Waals surface area contributed by atoms with Crippen LogP contribution in [0, 0.1) is 11.8 Å². The van der Waals surface area contributed by atoms with Gasteiger partial charge in [-0.2, -0.15) is 0 Å². The minimum Gasteiger partial charge on any atom is -0.481 e. The molecular weight excluding hydrogens is 931 g/mol. The van der Waals surface area contributed by atoms with Gasteiger partial charge in [-0.1, -0.05) is 98.9 Å². The molecule has 0 radical (unpaired) electrons. The third-order valence-corrected chi connectivity index (χ3v) is 12.7. The number of esters is 1. The van der Waals surface area contributed by atoms with E-state index in [1.54, 1.807) is 92.8 Å². The van der Waals surface area contributed by atoms with E-state index in [-0.39, 0.29) is 38.1 Å². The zero-order valence-electron chi connectivity index (χ0n) is 40.9. The van der Waals surface area contributed by atoms with Gasteiger partial charge in [0, 0.05) is 44.1 Å². The van der Waals surface area contributed by atoms with Crippen LogP contribution in [0.15, 0.2) is 85.1 Å². The second-order valence-electron chi connectivity index (χ2n) is 18.8. The summed E-state index contributed by atoms with van der Waals surface area (Å²) in [6.45, 7) is 6.47. The number of carbonyl (C=O) groups excluding carboxylic acids is 2. The van der Waals surface area contributed by atoms with Gasteiger partial charge in [-0.25, -0.2) is 4.79 Å². The molecule has 0 aromatic carbocycles. The molecule has 2 fully saturated rings. The lowest BCUT2D eigenvalue weighted by molar-refractivity contribution is -0.303. The van der Waals surface area contributed by atoms with Gasteiger partial charge in [0.1, 0.15) is 12.2 Å². The first-order valence-electron chi connectivity index (χ1n) is 24.2. The molecule has 21 nitrogen and oxygen atoms in total. The second kappa shape index (κ2) is 30.8. The first kappa shape index (κ1) is 61.1. The van der Waals surface area contributed by atoms with Gasteiger partial charge in [-0.3, -0.25) is 9.59 Å². The number of aliphatic hydroxyl groups is 10. The van der Waals surface area contributed by atoms with Crippen LogP contribution in [0.3, 0.4) is 0 Å². The summed E-state index contributed by atoms with van der Waals surface area (Å²) in [6.07, 6.45) is 3.27. The van der Waals surface area contributed by atoms with E-state index in [0.717, 1.165) is 0 Å². The van der Waals surface area contributed by atoms with Gasteiger partial charge >= 0.3 is 18.0 Å². The molecule has 19 atom stereocenters. The number of hydrogen-bond donors (Lipinski definition) is 14. The molecule has 3 aliphatic heterocycles. The van der Waals surface area contributed by atoms with Crippen LogP contribution < -0.4 is 16.4 Å². The molecule has 0 aliphatic carbocycles. The normalized spacial score (nSPS) is 42.5. The Hall–Kier alpha value is -4.17. The minimum atomic E-state index is -2.32. The maximum absolute atomic E-state index is 13.0. The Kier molecular flexibility index (Phi) is 26.5. The molecule has 0 saturated carbocycles. The van der Waals surface area contributed by atoms with Crippen molar-refractivity contribution in [1.29, 1.82) is 0 Å². The van der Waals surface area contributed by atoms with E-state index in [1.807, 2.05) is 13.0 Å². The summed E-state index contributed by atoms with van der Waals surface area (Å²) < 4.78 is 23.6. The van der Waals surface area contributed by atoms with E-state index in [4.69, 9.17) is 29.8 Å². The van der Waals surface area contributed by atoms with Crippen molar-refractivity contribution in [2.45, 2.75) is 189 Å². The Balaban J connectivity index is 1.93. The summed E-state index contributed by atoms with van der Waals surface area (Å²) in [5.74, 6) is -4.99. The number of nitrogens with one attached hydrogen (secondary N) is 2. The molecule has 2 saturated heterocycles. The van der Waals surface area contributed by atoms with Crippen LogP contribution in [0.25, 0.3) is 0 Å². The van der Waals surface area contributed by atoms with Crippen molar-refractivity contribution < 1.29 is 89.5 Å². The monoisotopic (exact) mass is 1010 g/mol. The van der Waals surface area contributed by atoms with E-state index in [2.05, 4.69) is 10.6 Å². The molecule has 6 unspecified atom stereocenters. The number of aliphatic carboxylic acids is 1. The number of allylic oxidation sites excluding steroid dienone is 12. The molecule has 21 heteroatoms. The molecular formula is C50H79N3O18. The SMILES string of the molecule is CC1OC(O[C@H]2/C=C/C=C/C=C/C=C/C=C/C=C/C=C/[C@H](C)[C@@H](O)[C@@H](C)[C@H](C)OC(=O)C[C@H](O)C[C@H](O)CC[C@@H](O)[C@H](O)C[C@H](O)C[C@]3(O)C[C@H](O)C(NC(=O)NCCC(=O)O)[C@H](C2)O3)C(O)C(N)C1O. The zero-order valence-corrected chi connectivity index (χ0v) is 40.9. The first-order chi connectivity index (χ1) is 33.5. The molecule has 15 N–H and O–H groups in total. The smallest absolute Gasteiger partial charge is 0.315 e. The van der Waals surface area contributed by atoms with E-state index < -0.39 is 160 Å². The minimum absolute atomic E-state index is 0.119. The number of hydrogen-bond acceptors (Lipinski definition) is 18. The van der Waals surface area contributed by atoms with Crippen molar-refractivity contribution in [2.24, 2.45) is 17.6 Å². The number of ether oxygens (including phenoxy) is 4. The standard InChI is InChI=1S/C50H79N3O18/c1-29-17-15-13-11-9-7-5-6-8-10-12-14-16-18-36(70-48-47(65)43(51)46(64)32(4)69-48)26-40-44(53-49(66)52-22-21-41(60)61)39(59)28-50(67,71-40)27-35(56)24-38(58)37(57)20-19-33(54)23-34(55)25-42(62)68-31(3)30(2)45(29)63/h5-18,29-40,43-48,54-59,63-65,67H,19-28,51H2,1-4H3,(H,60,61)(H2,52,53,66)/b6-5+,9-7+,10-8+,13-11+,14-12+,17-15+,18-16+/t29-,30-,31-,32?,33+,34+,35-,36-,37+,38+,39-,40-,43?,44?,45+,46?,47?,48?,50+/m0/s1. The molecule has 3 rings (SSSR count). The number of cyclic esters (lactones) is 1. The van der Waals surface area contributed by atoms with Crippen LogP contribution in [0.1, 0.15) is 85.5 Å². The third-order valence-electron chi connectivity index (χ3n) is 12.7. The molecule has 3 aliphatic rings. The fraction of sp³-hybridized carbons (Fsp3) is 0.660. The highest BCUT2D eigenvalue weighted by Crippen LogP contribution is 2.35. The second-order valence-corrected chi connectivity index (χ2v) is 18.8. The lowest BCUT2D eigenvalue weighted by Crippen LogP contribution is -2.64. The van der Waals surface area contributed by atoms with Crippen molar-refractivity contribution in [1.82, 2.24) is 10.6 Å². The van der Waals surface area contributed by atoms with Crippen LogP contribution in [0.5, 0.6) is 0 Å². The predicted octanol–water partition coefficient (Wildman–Crippen LogP) is 0.153. The number of carbonyl (C=O) groups is 3. The predicted molar refractivity (Wildman–Crippen MR) is 258 cm³/mol. The highest BCUT2D eigenvalue weighted by Gasteiger charge is 2.49. The summed E-state index contributed by atoms with van der Waals surface area (Å²) in [7, 11) is 0. The average molecular weight is 1010 g/mol. The zero-order chi connectivity index (χ0) is 52.8. The highest BCUT2D eigenvalue weighted by atomic mass is 16.7. The maximum atomic E-state index is 13.0. The van der Waals surface area contributed by atoms with Crippen molar-refractivity contribution in [3.8, 4) is 0 Å².